The number of carbonyl (C=O) groups is 1. The highest BCUT2D eigenvalue weighted by Crippen LogP contribution is 2.75. The van der Waals surface area contributed by atoms with Gasteiger partial charge in [-0.15, -0.1) is 0 Å². The minimum atomic E-state index is -1.24. The van der Waals surface area contributed by atoms with E-state index in [0.717, 1.165) is 44.9 Å². The van der Waals surface area contributed by atoms with Crippen molar-refractivity contribution >= 4 is 5.97 Å². The summed E-state index contributed by atoms with van der Waals surface area (Å²) < 4.78 is 17.6. The Kier molecular flexibility index (Phi) is 6.44. The third-order valence-corrected chi connectivity index (χ3v) is 12.7. The molecule has 7 unspecified atom stereocenters. The molecule has 4 heteroatoms. The van der Waals surface area contributed by atoms with E-state index in [1.165, 1.54) is 5.57 Å². The summed E-state index contributed by atoms with van der Waals surface area (Å²) in [5, 5.41) is 20.8. The molecule has 2 N–H and O–H groups in total. The fourth-order valence-electron chi connectivity index (χ4n) is 10.0. The van der Waals surface area contributed by atoms with Gasteiger partial charge in [0, 0.05) is 11.3 Å². The first-order chi connectivity index (χ1) is 16.1. The van der Waals surface area contributed by atoms with E-state index in [-0.39, 0.29) is 28.3 Å². The van der Waals surface area contributed by atoms with Crippen molar-refractivity contribution in [3.8, 4) is 0 Å². The first-order valence-electron chi connectivity index (χ1n) is 14.5. The summed E-state index contributed by atoms with van der Waals surface area (Å²) in [7, 11) is 0. The molecule has 5 rings (SSSR count). The van der Waals surface area contributed by atoms with Gasteiger partial charge < -0.3 is 10.2 Å². The molecule has 4 saturated carbocycles. The van der Waals surface area contributed by atoms with E-state index in [2.05, 4.69) is 40.7 Å². The van der Waals surface area contributed by atoms with E-state index >= 15 is 4.39 Å². The van der Waals surface area contributed by atoms with Gasteiger partial charge in [0.1, 0.15) is 5.67 Å². The van der Waals surface area contributed by atoms with E-state index in [1.807, 2.05) is 20.8 Å². The van der Waals surface area contributed by atoms with E-state index in [9.17, 15) is 15.0 Å². The van der Waals surface area contributed by atoms with Crippen molar-refractivity contribution in [1.29, 1.82) is 0 Å². The largest absolute Gasteiger partial charge is 0.481 e. The van der Waals surface area contributed by atoms with Crippen LogP contribution in [0.2, 0.25) is 0 Å². The van der Waals surface area contributed by atoms with Crippen molar-refractivity contribution in [2.24, 2.45) is 44.8 Å². The van der Waals surface area contributed by atoms with Gasteiger partial charge in [-0.2, -0.15) is 0 Å². The normalized spacial score (nSPS) is 52.3. The molecular weight excluding hydrogens is 439 g/mol. The van der Waals surface area contributed by atoms with Crippen molar-refractivity contribution in [3.05, 3.63) is 11.6 Å². The summed E-state index contributed by atoms with van der Waals surface area (Å²) in [4.78, 5) is 12.3. The Balaban J connectivity index is 0.00000141. The molecule has 200 valence electrons. The number of hydrogen-bond donors (Lipinski definition) is 2. The van der Waals surface area contributed by atoms with Crippen LogP contribution in [0.4, 0.5) is 4.39 Å². The molecule has 3 nitrogen and oxygen atoms in total. The summed E-state index contributed by atoms with van der Waals surface area (Å²) in [6.07, 6.45) is 10.1. The number of halogens is 1. The topological polar surface area (TPSA) is 57.5 Å². The van der Waals surface area contributed by atoms with E-state index in [0.29, 0.717) is 31.1 Å². The zero-order valence-electron chi connectivity index (χ0n) is 23.6. The molecule has 0 bridgehead atoms. The Bertz CT molecular complexity index is 896. The molecule has 0 saturated heterocycles. The van der Waals surface area contributed by atoms with Gasteiger partial charge in [-0.25, -0.2) is 4.39 Å². The SMILES string of the molecule is CC.CC1(C)C(O)CCC2C1CC[C@]1(F)C2CC=C2C3(C)C[C@@](C)(C(=O)O)CCC3(C)CCC21C. The van der Waals surface area contributed by atoms with Gasteiger partial charge in [-0.05, 0) is 99.2 Å². The smallest absolute Gasteiger partial charge is 0.309 e. The second-order valence-electron chi connectivity index (χ2n) is 14.3. The van der Waals surface area contributed by atoms with Gasteiger partial charge in [-0.1, -0.05) is 60.1 Å². The van der Waals surface area contributed by atoms with Crippen molar-refractivity contribution in [1.82, 2.24) is 0 Å². The Hall–Kier alpha value is -0.900. The zero-order chi connectivity index (χ0) is 26.2. The number of aliphatic hydroxyl groups excluding tert-OH is 1. The highest BCUT2D eigenvalue weighted by Gasteiger charge is 2.70. The van der Waals surface area contributed by atoms with Gasteiger partial charge in [0.2, 0.25) is 0 Å². The third kappa shape index (κ3) is 3.40. The maximum Gasteiger partial charge on any atom is 0.309 e. The molecule has 0 heterocycles. The molecule has 5 aliphatic rings. The summed E-state index contributed by atoms with van der Waals surface area (Å²) in [5.74, 6) is 0.0154. The van der Waals surface area contributed by atoms with Crippen LogP contribution in [0.5, 0.6) is 0 Å². The van der Waals surface area contributed by atoms with Crippen LogP contribution in [0.3, 0.4) is 0 Å². The molecule has 0 aromatic heterocycles. The summed E-state index contributed by atoms with van der Waals surface area (Å²) in [6, 6.07) is 0. The lowest BCUT2D eigenvalue weighted by Gasteiger charge is -2.69. The number of aliphatic hydroxyl groups is 1. The van der Waals surface area contributed by atoms with Crippen molar-refractivity contribution < 1.29 is 19.4 Å². The molecule has 4 fully saturated rings. The molecule has 0 amide bonds. The molecule has 0 aromatic rings. The molecule has 9 atom stereocenters. The average Bonchev–Trinajstić information content (AvgIpc) is 2.79. The Labute approximate surface area is 213 Å². The number of aliphatic carboxylic acids is 1. The predicted octanol–water partition coefficient (Wildman–Crippen LogP) is 7.96. The number of allylic oxidation sites excluding steroid dienone is 2. The van der Waals surface area contributed by atoms with Crippen LogP contribution in [0.1, 0.15) is 120 Å². The third-order valence-electron chi connectivity index (χ3n) is 12.7. The average molecular weight is 491 g/mol. The molecule has 0 aromatic carbocycles. The molecule has 5 aliphatic carbocycles. The second kappa shape index (κ2) is 8.30. The number of alkyl halides is 1. The van der Waals surface area contributed by atoms with Gasteiger partial charge in [0.05, 0.1) is 11.5 Å². The summed E-state index contributed by atoms with van der Waals surface area (Å²) >= 11 is 0. The Morgan fingerprint density at radius 1 is 0.886 bits per heavy atom. The number of rotatable bonds is 1. The van der Waals surface area contributed by atoms with Crippen LogP contribution < -0.4 is 0 Å². The summed E-state index contributed by atoms with van der Waals surface area (Å²) in [5.41, 5.74) is -1.67. The van der Waals surface area contributed by atoms with Crippen LogP contribution in [-0.4, -0.2) is 28.0 Å². The van der Waals surface area contributed by atoms with E-state index in [4.69, 9.17) is 0 Å². The van der Waals surface area contributed by atoms with Gasteiger partial charge in [0.15, 0.2) is 0 Å². The Morgan fingerprint density at radius 2 is 1.51 bits per heavy atom. The van der Waals surface area contributed by atoms with Crippen LogP contribution in [0.15, 0.2) is 11.6 Å². The molecular formula is C31H51FO3. The lowest BCUT2D eigenvalue weighted by Crippen LogP contribution is -2.66. The standard InChI is InChI=1S/C29H45FO3.C2H6/c1-24(2)19-11-12-29(30)20(18(19)7-10-22(24)31)8-9-21-27(29,5)16-15-26(4)14-13-25(3,23(32)33)17-28(21,26)6;1-2/h9,18-20,22,31H,7-8,10-17H2,1-6H3,(H,32,33);1-2H3/t18?,19?,20?,22?,25-,26?,27?,28?,29-;/m0./s1. The van der Waals surface area contributed by atoms with Crippen molar-refractivity contribution in [3.63, 3.8) is 0 Å². The Morgan fingerprint density at radius 3 is 2.14 bits per heavy atom. The van der Waals surface area contributed by atoms with Crippen molar-refractivity contribution in [2.75, 3.05) is 0 Å². The molecule has 0 spiro atoms. The summed E-state index contributed by atoms with van der Waals surface area (Å²) in [6.45, 7) is 17.1. The quantitative estimate of drug-likeness (QED) is 0.367. The van der Waals surface area contributed by atoms with Crippen LogP contribution >= 0.6 is 0 Å². The highest BCUT2D eigenvalue weighted by atomic mass is 19.1. The number of hydrogen-bond acceptors (Lipinski definition) is 2. The lowest BCUT2D eigenvalue weighted by molar-refractivity contribution is -0.189. The lowest BCUT2D eigenvalue weighted by atomic mass is 9.36. The van der Waals surface area contributed by atoms with Gasteiger partial charge in [-0.3, -0.25) is 4.79 Å². The maximum atomic E-state index is 17.6. The fraction of sp³-hybridized carbons (Fsp3) is 0.903. The number of fused-ring (bicyclic) bond motifs is 7. The van der Waals surface area contributed by atoms with Crippen molar-refractivity contribution in [2.45, 2.75) is 131 Å². The molecule has 0 radical (unpaired) electrons. The maximum absolute atomic E-state index is 17.6. The molecule has 0 aliphatic heterocycles. The van der Waals surface area contributed by atoms with Crippen LogP contribution in [0, 0.1) is 44.8 Å². The highest BCUT2D eigenvalue weighted by molar-refractivity contribution is 5.74. The van der Waals surface area contributed by atoms with Crippen LogP contribution in [-0.2, 0) is 4.79 Å². The first kappa shape index (κ1) is 27.1. The number of carboxylic acid groups (broad SMARTS) is 1. The minimum absolute atomic E-state index is 0.0131. The predicted molar refractivity (Wildman–Crippen MR) is 140 cm³/mol. The zero-order valence-corrected chi connectivity index (χ0v) is 23.6. The van der Waals surface area contributed by atoms with E-state index in [1.54, 1.807) is 0 Å². The second-order valence-corrected chi connectivity index (χ2v) is 14.3. The first-order valence-corrected chi connectivity index (χ1v) is 14.5. The molecule has 35 heavy (non-hydrogen) atoms. The van der Waals surface area contributed by atoms with Gasteiger partial charge in [0.25, 0.3) is 0 Å². The van der Waals surface area contributed by atoms with E-state index < -0.39 is 22.5 Å². The van der Waals surface area contributed by atoms with Gasteiger partial charge >= 0.3 is 5.97 Å². The number of carboxylic acids is 1. The van der Waals surface area contributed by atoms with Crippen LogP contribution in [0.25, 0.3) is 0 Å². The minimum Gasteiger partial charge on any atom is -0.481 e. The fourth-order valence-corrected chi connectivity index (χ4v) is 10.0. The monoisotopic (exact) mass is 490 g/mol.